The van der Waals surface area contributed by atoms with E-state index in [1.807, 2.05) is 0 Å². The van der Waals surface area contributed by atoms with Crippen molar-refractivity contribution < 1.29 is 14.3 Å². The second-order valence-corrected chi connectivity index (χ2v) is 5.93. The number of amides is 2. The Morgan fingerprint density at radius 3 is 2.68 bits per heavy atom. The van der Waals surface area contributed by atoms with Crippen molar-refractivity contribution in [3.8, 4) is 0 Å². The smallest absolute Gasteiger partial charge is 0.317 e. The summed E-state index contributed by atoms with van der Waals surface area (Å²) in [6, 6.07) is 4.26. The molecule has 2 amide bonds. The van der Waals surface area contributed by atoms with E-state index >= 15 is 0 Å². The lowest BCUT2D eigenvalue weighted by Gasteiger charge is -2.32. The van der Waals surface area contributed by atoms with E-state index in [1.165, 1.54) is 22.3 Å². The number of carbonyl (C=O) groups excluding carboxylic acids is 1. The van der Waals surface area contributed by atoms with Gasteiger partial charge in [-0.3, -0.25) is 0 Å². The number of nitrogens with zero attached hydrogens (tertiary/aromatic N) is 1. The quantitative estimate of drug-likeness (QED) is 0.927. The summed E-state index contributed by atoms with van der Waals surface area (Å²) in [6.07, 6.45) is -0.0349. The molecule has 122 valence electrons. The van der Waals surface area contributed by atoms with E-state index in [1.54, 1.807) is 12.0 Å². The molecule has 1 aromatic rings. The molecule has 1 aliphatic rings. The summed E-state index contributed by atoms with van der Waals surface area (Å²) in [5.41, 5.74) is 4.88. The Labute approximate surface area is 132 Å². The first-order valence-electron chi connectivity index (χ1n) is 7.71. The molecular formula is C17H26N2O3. The van der Waals surface area contributed by atoms with Crippen LogP contribution in [0.15, 0.2) is 12.1 Å². The molecule has 1 heterocycles. The molecule has 0 radical (unpaired) electrons. The third-order valence-corrected chi connectivity index (χ3v) is 4.04. The van der Waals surface area contributed by atoms with Crippen LogP contribution in [0.1, 0.15) is 22.3 Å². The van der Waals surface area contributed by atoms with Gasteiger partial charge in [0.25, 0.3) is 0 Å². The molecule has 0 bridgehead atoms. The molecule has 22 heavy (non-hydrogen) atoms. The fraction of sp³-hybridized carbons (Fsp3) is 0.588. The highest BCUT2D eigenvalue weighted by Gasteiger charge is 2.24. The number of aryl methyl sites for hydroxylation is 3. The van der Waals surface area contributed by atoms with Crippen LogP contribution in [-0.4, -0.2) is 50.4 Å². The summed E-state index contributed by atoms with van der Waals surface area (Å²) in [5.74, 6) is 0. The van der Waals surface area contributed by atoms with Crippen LogP contribution in [-0.2, 0) is 16.0 Å². The van der Waals surface area contributed by atoms with Gasteiger partial charge in [0.2, 0.25) is 0 Å². The van der Waals surface area contributed by atoms with Gasteiger partial charge in [0.1, 0.15) is 0 Å². The molecule has 1 atom stereocenters. The topological polar surface area (TPSA) is 50.8 Å². The number of methoxy groups -OCH3 is 1. The van der Waals surface area contributed by atoms with Crippen LogP contribution in [0.25, 0.3) is 0 Å². The minimum absolute atomic E-state index is 0.0349. The average Bonchev–Trinajstić information content (AvgIpc) is 2.46. The maximum Gasteiger partial charge on any atom is 0.317 e. The molecule has 1 aliphatic heterocycles. The molecule has 1 N–H and O–H groups in total. The molecule has 0 spiro atoms. The van der Waals surface area contributed by atoms with Crippen molar-refractivity contribution in [1.29, 1.82) is 0 Å². The van der Waals surface area contributed by atoms with Crippen molar-refractivity contribution in [2.75, 3.05) is 33.4 Å². The van der Waals surface area contributed by atoms with Crippen LogP contribution in [0.5, 0.6) is 0 Å². The van der Waals surface area contributed by atoms with Crippen molar-refractivity contribution in [3.63, 3.8) is 0 Å². The maximum atomic E-state index is 12.3. The molecular weight excluding hydrogens is 280 g/mol. The van der Waals surface area contributed by atoms with E-state index in [4.69, 9.17) is 9.47 Å². The molecule has 5 nitrogen and oxygen atoms in total. The Morgan fingerprint density at radius 2 is 2.05 bits per heavy atom. The van der Waals surface area contributed by atoms with Gasteiger partial charge in [-0.15, -0.1) is 0 Å². The highest BCUT2D eigenvalue weighted by molar-refractivity contribution is 5.74. The number of hydrogen-bond acceptors (Lipinski definition) is 3. The van der Waals surface area contributed by atoms with Crippen molar-refractivity contribution in [1.82, 2.24) is 10.2 Å². The lowest BCUT2D eigenvalue weighted by Crippen LogP contribution is -2.50. The second-order valence-electron chi connectivity index (χ2n) is 5.93. The lowest BCUT2D eigenvalue weighted by atomic mass is 10.00. The number of carbonyl (C=O) groups is 1. The van der Waals surface area contributed by atoms with Crippen LogP contribution in [0, 0.1) is 20.8 Å². The first-order chi connectivity index (χ1) is 10.5. The first kappa shape index (κ1) is 16.8. The third-order valence-electron chi connectivity index (χ3n) is 4.04. The number of ether oxygens (including phenoxy) is 2. The Balaban J connectivity index is 1.93. The Kier molecular flexibility index (Phi) is 5.80. The van der Waals surface area contributed by atoms with Crippen molar-refractivity contribution in [3.05, 3.63) is 34.4 Å². The Bertz CT molecular complexity index is 506. The fourth-order valence-electron chi connectivity index (χ4n) is 2.96. The molecule has 0 aromatic heterocycles. The van der Waals surface area contributed by atoms with E-state index in [-0.39, 0.29) is 12.1 Å². The van der Waals surface area contributed by atoms with Gasteiger partial charge < -0.3 is 19.7 Å². The lowest BCUT2D eigenvalue weighted by molar-refractivity contribution is -0.0494. The van der Waals surface area contributed by atoms with Gasteiger partial charge >= 0.3 is 6.03 Å². The second kappa shape index (κ2) is 7.61. The van der Waals surface area contributed by atoms with Crippen LogP contribution in [0.2, 0.25) is 0 Å². The van der Waals surface area contributed by atoms with Gasteiger partial charge in [-0.25, -0.2) is 4.79 Å². The number of morpholine rings is 1. The highest BCUT2D eigenvalue weighted by atomic mass is 16.5. The van der Waals surface area contributed by atoms with E-state index in [2.05, 4.69) is 38.2 Å². The highest BCUT2D eigenvalue weighted by Crippen LogP contribution is 2.16. The molecule has 1 fully saturated rings. The van der Waals surface area contributed by atoms with Gasteiger partial charge in [-0.1, -0.05) is 17.7 Å². The summed E-state index contributed by atoms with van der Waals surface area (Å²) in [7, 11) is 1.64. The van der Waals surface area contributed by atoms with E-state index in [9.17, 15) is 4.79 Å². The van der Waals surface area contributed by atoms with E-state index < -0.39 is 0 Å². The number of hydrogen-bond donors (Lipinski definition) is 1. The van der Waals surface area contributed by atoms with E-state index in [0.29, 0.717) is 32.8 Å². The number of benzene rings is 1. The minimum Gasteiger partial charge on any atom is -0.382 e. The summed E-state index contributed by atoms with van der Waals surface area (Å²) >= 11 is 0. The van der Waals surface area contributed by atoms with Crippen LogP contribution in [0.3, 0.4) is 0 Å². The summed E-state index contributed by atoms with van der Waals surface area (Å²) in [6.45, 7) is 9.10. The van der Waals surface area contributed by atoms with Gasteiger partial charge in [0.05, 0.1) is 25.9 Å². The molecule has 1 aromatic carbocycles. The molecule has 2 rings (SSSR count). The van der Waals surface area contributed by atoms with Crippen LogP contribution < -0.4 is 5.32 Å². The molecule has 5 heteroatoms. The molecule has 0 aliphatic carbocycles. The maximum absolute atomic E-state index is 12.3. The van der Waals surface area contributed by atoms with Gasteiger partial charge in [-0.05, 0) is 37.5 Å². The van der Waals surface area contributed by atoms with Gasteiger partial charge in [0, 0.05) is 20.2 Å². The van der Waals surface area contributed by atoms with Gasteiger partial charge in [0.15, 0.2) is 0 Å². The van der Waals surface area contributed by atoms with Crippen LogP contribution >= 0.6 is 0 Å². The van der Waals surface area contributed by atoms with Gasteiger partial charge in [-0.2, -0.15) is 0 Å². The largest absolute Gasteiger partial charge is 0.382 e. The van der Waals surface area contributed by atoms with Crippen molar-refractivity contribution >= 4 is 6.03 Å². The minimum atomic E-state index is -0.0382. The van der Waals surface area contributed by atoms with Crippen molar-refractivity contribution in [2.24, 2.45) is 0 Å². The zero-order valence-corrected chi connectivity index (χ0v) is 13.9. The third kappa shape index (κ3) is 4.21. The zero-order chi connectivity index (χ0) is 16.1. The SMILES string of the molecule is COC[C@@H]1CN(C(=O)NCc2c(C)cc(C)cc2C)CCO1. The van der Waals surface area contributed by atoms with E-state index in [0.717, 1.165) is 0 Å². The Hall–Kier alpha value is -1.59. The zero-order valence-electron chi connectivity index (χ0n) is 13.9. The summed E-state index contributed by atoms with van der Waals surface area (Å²) in [5, 5.41) is 3.02. The monoisotopic (exact) mass is 306 g/mol. The summed E-state index contributed by atoms with van der Waals surface area (Å²) < 4.78 is 10.7. The first-order valence-corrected chi connectivity index (χ1v) is 7.71. The normalized spacial score (nSPS) is 18.4. The average molecular weight is 306 g/mol. The standard InChI is InChI=1S/C17H26N2O3/c1-12-7-13(2)16(14(3)8-12)9-18-17(20)19-5-6-22-15(10-19)11-21-4/h7-8,15H,5-6,9-11H2,1-4H3,(H,18,20)/t15-/m0/s1. The molecule has 0 unspecified atom stereocenters. The number of rotatable bonds is 4. The molecule has 0 saturated carbocycles. The molecule has 1 saturated heterocycles. The van der Waals surface area contributed by atoms with Crippen LogP contribution in [0.4, 0.5) is 4.79 Å². The number of nitrogens with one attached hydrogen (secondary N) is 1. The summed E-state index contributed by atoms with van der Waals surface area (Å²) in [4.78, 5) is 14.1. The predicted octanol–water partition coefficient (Wildman–Crippen LogP) is 2.17. The predicted molar refractivity (Wildman–Crippen MR) is 86.1 cm³/mol. The fourth-order valence-corrected chi connectivity index (χ4v) is 2.96. The van der Waals surface area contributed by atoms with Crippen molar-refractivity contribution in [2.45, 2.75) is 33.4 Å². The Morgan fingerprint density at radius 1 is 1.36 bits per heavy atom. The number of urea groups is 1.